The third-order valence-electron chi connectivity index (χ3n) is 4.99. The number of carbonyl (C=O) groups is 1. The molecule has 154 valence electrons. The number of anilines is 1. The maximum atomic E-state index is 13.5. The monoisotopic (exact) mass is 441 g/mol. The first-order valence-corrected chi connectivity index (χ1v) is 11.3. The van der Waals surface area contributed by atoms with Crippen molar-refractivity contribution in [3.8, 4) is 0 Å². The van der Waals surface area contributed by atoms with Crippen molar-refractivity contribution in [1.29, 1.82) is 0 Å². The predicted molar refractivity (Wildman–Crippen MR) is 116 cm³/mol. The minimum Gasteiger partial charge on any atom is -0.339 e. The number of halogens is 1. The second kappa shape index (κ2) is 8.45. The molecule has 1 aliphatic rings. The largest absolute Gasteiger partial charge is 0.339 e. The average molecular weight is 442 g/mol. The van der Waals surface area contributed by atoms with Gasteiger partial charge in [-0.25, -0.2) is 8.42 Å². The Morgan fingerprint density at radius 2 is 1.83 bits per heavy atom. The Morgan fingerprint density at radius 1 is 1.07 bits per heavy atom. The number of hydrogen-bond donors (Lipinski definition) is 0. The van der Waals surface area contributed by atoms with Gasteiger partial charge in [-0.2, -0.15) is 0 Å². The fourth-order valence-electron chi connectivity index (χ4n) is 3.19. The van der Waals surface area contributed by atoms with E-state index in [0.29, 0.717) is 16.3 Å². The number of carbonyl (C=O) groups excluding carboxylic acids is 1. The topological polar surface area (TPSA) is 70.6 Å². The van der Waals surface area contributed by atoms with E-state index in [1.54, 1.807) is 59.5 Å². The third kappa shape index (κ3) is 4.17. The molecule has 0 aliphatic carbocycles. The number of benzene rings is 2. The number of nitrogens with zero attached hydrogens (tertiary/aromatic N) is 3. The van der Waals surface area contributed by atoms with Gasteiger partial charge >= 0.3 is 0 Å². The van der Waals surface area contributed by atoms with Gasteiger partial charge in [0.1, 0.15) is 4.90 Å². The number of aromatic nitrogens is 1. The van der Waals surface area contributed by atoms with Gasteiger partial charge in [0.05, 0.1) is 12.2 Å². The molecule has 1 amide bonds. The van der Waals surface area contributed by atoms with Crippen LogP contribution in [-0.4, -0.2) is 37.3 Å². The summed E-state index contributed by atoms with van der Waals surface area (Å²) in [5.74, 6) is -0.0895. The lowest BCUT2D eigenvalue weighted by atomic mass is 10.1. The fourth-order valence-corrected chi connectivity index (χ4v) is 4.73. The average Bonchev–Trinajstić information content (AvgIpc) is 2.72. The van der Waals surface area contributed by atoms with Crippen LogP contribution in [0.5, 0.6) is 0 Å². The molecule has 2 aromatic carbocycles. The van der Waals surface area contributed by atoms with E-state index in [0.717, 1.165) is 25.1 Å². The van der Waals surface area contributed by atoms with E-state index in [4.69, 9.17) is 11.6 Å². The van der Waals surface area contributed by atoms with Crippen molar-refractivity contribution in [3.05, 3.63) is 89.2 Å². The summed E-state index contributed by atoms with van der Waals surface area (Å²) in [7, 11) is -3.90. The molecule has 3 aromatic rings. The van der Waals surface area contributed by atoms with Crippen molar-refractivity contribution in [2.45, 2.75) is 17.9 Å². The first-order valence-electron chi connectivity index (χ1n) is 9.52. The standard InChI is InChI=1S/C22H20ClN3O3S/c23-19-9-7-17(8-10-19)16-26(30(28,29)21-6-2-11-24-15-21)20-5-1-4-18(14-20)22(27)25-12-3-13-25/h1-2,4-11,14-15H,3,12-13,16H2. The molecular weight excluding hydrogens is 422 g/mol. The zero-order valence-electron chi connectivity index (χ0n) is 16.1. The van der Waals surface area contributed by atoms with Gasteiger partial charge in [0.2, 0.25) is 0 Å². The third-order valence-corrected chi connectivity index (χ3v) is 7.00. The smallest absolute Gasteiger partial charge is 0.266 e. The highest BCUT2D eigenvalue weighted by molar-refractivity contribution is 7.92. The summed E-state index contributed by atoms with van der Waals surface area (Å²) in [6.45, 7) is 1.55. The van der Waals surface area contributed by atoms with Crippen LogP contribution >= 0.6 is 11.6 Å². The van der Waals surface area contributed by atoms with E-state index in [2.05, 4.69) is 4.98 Å². The van der Waals surface area contributed by atoms with Crippen LogP contribution in [0.15, 0.2) is 78.0 Å². The van der Waals surface area contributed by atoms with Crippen molar-refractivity contribution < 1.29 is 13.2 Å². The molecule has 4 rings (SSSR count). The van der Waals surface area contributed by atoms with E-state index in [9.17, 15) is 13.2 Å². The molecule has 0 atom stereocenters. The van der Waals surface area contributed by atoms with E-state index < -0.39 is 10.0 Å². The minimum atomic E-state index is -3.90. The van der Waals surface area contributed by atoms with Gasteiger partial charge in [0.25, 0.3) is 15.9 Å². The number of hydrogen-bond acceptors (Lipinski definition) is 4. The van der Waals surface area contributed by atoms with Crippen LogP contribution in [0.2, 0.25) is 5.02 Å². The van der Waals surface area contributed by atoms with Gasteiger partial charge in [0.15, 0.2) is 0 Å². The van der Waals surface area contributed by atoms with Gasteiger partial charge in [-0.05, 0) is 54.4 Å². The van der Waals surface area contributed by atoms with Crippen LogP contribution in [0.1, 0.15) is 22.3 Å². The highest BCUT2D eigenvalue weighted by atomic mass is 35.5. The Kier molecular flexibility index (Phi) is 5.74. The van der Waals surface area contributed by atoms with Gasteiger partial charge in [-0.3, -0.25) is 14.1 Å². The zero-order chi connectivity index (χ0) is 21.1. The zero-order valence-corrected chi connectivity index (χ0v) is 17.7. The van der Waals surface area contributed by atoms with Crippen molar-refractivity contribution >= 4 is 33.2 Å². The molecule has 0 saturated carbocycles. The SMILES string of the molecule is O=C(c1cccc(N(Cc2ccc(Cl)cc2)S(=O)(=O)c2cccnc2)c1)N1CCC1. The first kappa shape index (κ1) is 20.4. The molecule has 8 heteroatoms. The Bertz CT molecular complexity index is 1150. The molecule has 1 aromatic heterocycles. The summed E-state index contributed by atoms with van der Waals surface area (Å²) < 4.78 is 28.2. The molecule has 1 aliphatic heterocycles. The van der Waals surface area contributed by atoms with Gasteiger partial charge in [-0.1, -0.05) is 29.8 Å². The molecule has 30 heavy (non-hydrogen) atoms. The van der Waals surface area contributed by atoms with Gasteiger partial charge < -0.3 is 4.90 Å². The molecule has 0 radical (unpaired) electrons. The predicted octanol–water partition coefficient (Wildman–Crippen LogP) is 3.98. The number of rotatable bonds is 6. The van der Waals surface area contributed by atoms with Crippen LogP contribution in [0.3, 0.4) is 0 Å². The lowest BCUT2D eigenvalue weighted by Gasteiger charge is -2.31. The molecule has 6 nitrogen and oxygen atoms in total. The molecule has 0 bridgehead atoms. The number of sulfonamides is 1. The maximum Gasteiger partial charge on any atom is 0.266 e. The fraction of sp³-hybridized carbons (Fsp3) is 0.182. The quantitative estimate of drug-likeness (QED) is 0.580. The van der Waals surface area contributed by atoms with Crippen LogP contribution in [0, 0.1) is 0 Å². The van der Waals surface area contributed by atoms with Gasteiger partial charge in [0, 0.05) is 36.1 Å². The molecule has 2 heterocycles. The molecular formula is C22H20ClN3O3S. The number of amides is 1. The molecule has 0 N–H and O–H groups in total. The highest BCUT2D eigenvalue weighted by Crippen LogP contribution is 2.27. The summed E-state index contributed by atoms with van der Waals surface area (Å²) in [5, 5.41) is 0.572. The van der Waals surface area contributed by atoms with Crippen LogP contribution in [0.4, 0.5) is 5.69 Å². The van der Waals surface area contributed by atoms with E-state index in [-0.39, 0.29) is 17.3 Å². The van der Waals surface area contributed by atoms with Gasteiger partial charge in [-0.15, -0.1) is 0 Å². The highest BCUT2D eigenvalue weighted by Gasteiger charge is 2.27. The number of likely N-dealkylation sites (tertiary alicyclic amines) is 1. The van der Waals surface area contributed by atoms with E-state index in [1.807, 2.05) is 0 Å². The summed E-state index contributed by atoms with van der Waals surface area (Å²) in [5.41, 5.74) is 1.65. The van der Waals surface area contributed by atoms with Crippen molar-refractivity contribution in [2.24, 2.45) is 0 Å². The van der Waals surface area contributed by atoms with Crippen LogP contribution in [-0.2, 0) is 16.6 Å². The molecule has 1 saturated heterocycles. The van der Waals surface area contributed by atoms with Crippen molar-refractivity contribution in [1.82, 2.24) is 9.88 Å². The minimum absolute atomic E-state index is 0.0819. The normalized spacial score (nSPS) is 13.6. The Balaban J connectivity index is 1.75. The van der Waals surface area contributed by atoms with E-state index in [1.165, 1.54) is 22.8 Å². The maximum absolute atomic E-state index is 13.5. The van der Waals surface area contributed by atoms with Crippen LogP contribution in [0.25, 0.3) is 0 Å². The second-order valence-corrected chi connectivity index (χ2v) is 9.32. The Hall–Kier alpha value is -2.90. The Labute approximate surface area is 180 Å². The molecule has 0 spiro atoms. The first-order chi connectivity index (χ1) is 14.4. The van der Waals surface area contributed by atoms with Crippen LogP contribution < -0.4 is 4.31 Å². The van der Waals surface area contributed by atoms with E-state index >= 15 is 0 Å². The van der Waals surface area contributed by atoms with Crippen molar-refractivity contribution in [2.75, 3.05) is 17.4 Å². The number of pyridine rings is 1. The summed E-state index contributed by atoms with van der Waals surface area (Å²) in [6.07, 6.45) is 3.83. The second-order valence-electron chi connectivity index (χ2n) is 7.02. The summed E-state index contributed by atoms with van der Waals surface area (Å²) >= 11 is 5.97. The lowest BCUT2D eigenvalue weighted by Crippen LogP contribution is -2.42. The van der Waals surface area contributed by atoms with Crippen molar-refractivity contribution in [3.63, 3.8) is 0 Å². The molecule has 1 fully saturated rings. The summed E-state index contributed by atoms with van der Waals surface area (Å²) in [6, 6.07) is 16.8. The molecule has 0 unspecified atom stereocenters. The lowest BCUT2D eigenvalue weighted by molar-refractivity contribution is 0.0652. The Morgan fingerprint density at radius 3 is 2.47 bits per heavy atom. The summed E-state index contributed by atoms with van der Waals surface area (Å²) in [4.78, 5) is 18.4.